The number of carbonyl (C=O) groups is 2. The molecule has 0 spiro atoms. The fourth-order valence-electron chi connectivity index (χ4n) is 3.00. The van der Waals surface area contributed by atoms with Crippen molar-refractivity contribution in [2.75, 3.05) is 11.4 Å². The largest absolute Gasteiger partial charge is 0.335 e. The van der Waals surface area contributed by atoms with Crippen LogP contribution >= 0.6 is 11.6 Å². The van der Waals surface area contributed by atoms with Crippen LogP contribution in [0.4, 0.5) is 5.69 Å². The fourth-order valence-corrected chi connectivity index (χ4v) is 3.64. The zero-order valence-electron chi connectivity index (χ0n) is 14.3. The first-order valence-corrected chi connectivity index (χ1v) is 10.3. The van der Waals surface area contributed by atoms with Crippen molar-refractivity contribution in [1.82, 2.24) is 0 Å². The zero-order chi connectivity index (χ0) is 19.6. The average molecular weight is 409 g/mol. The number of benzene rings is 2. The van der Waals surface area contributed by atoms with Gasteiger partial charge in [0, 0.05) is 11.4 Å². The minimum absolute atomic E-state index is 0.0606. The Morgan fingerprint density at radius 2 is 1.70 bits per heavy atom. The number of rotatable bonds is 6. The lowest BCUT2D eigenvalue weighted by atomic mass is 10.1. The summed E-state index contributed by atoms with van der Waals surface area (Å²) in [6, 6.07) is 12.4. The van der Waals surface area contributed by atoms with E-state index in [0.717, 1.165) is 5.56 Å². The number of anilines is 1. The number of hydrogen-bond donors (Lipinski definition) is 2. The maximum Gasteiger partial charge on any atom is 0.292 e. The molecule has 2 amide bonds. The van der Waals surface area contributed by atoms with Gasteiger partial charge in [-0.05, 0) is 42.0 Å². The molecule has 1 saturated heterocycles. The van der Waals surface area contributed by atoms with Gasteiger partial charge in [-0.3, -0.25) is 9.59 Å². The number of carbonyl (C=O) groups excluding carboxylic acids is 2. The second kappa shape index (κ2) is 7.77. The molecule has 9 heteroatoms. The third kappa shape index (κ3) is 4.54. The van der Waals surface area contributed by atoms with Crippen molar-refractivity contribution in [2.24, 2.45) is 5.14 Å². The number of nitrogens with zero attached hydrogens (tertiary/aromatic N) is 1. The van der Waals surface area contributed by atoms with Crippen molar-refractivity contribution in [1.29, 1.82) is 0 Å². The molecule has 27 heavy (non-hydrogen) atoms. The second-order valence-electron chi connectivity index (χ2n) is 6.32. The molecule has 1 atom stereocenters. The van der Waals surface area contributed by atoms with Crippen molar-refractivity contribution in [3.8, 4) is 0 Å². The number of primary sulfonamides is 1. The third-order valence-electron chi connectivity index (χ3n) is 4.40. The van der Waals surface area contributed by atoms with E-state index >= 15 is 0 Å². The predicted octanol–water partition coefficient (Wildman–Crippen LogP) is 0.425. The van der Waals surface area contributed by atoms with Gasteiger partial charge in [0.05, 0.1) is 23.5 Å². The van der Waals surface area contributed by atoms with Crippen LogP contribution in [-0.2, 0) is 26.0 Å². The second-order valence-corrected chi connectivity index (χ2v) is 8.32. The molecule has 1 aliphatic heterocycles. The van der Waals surface area contributed by atoms with Crippen molar-refractivity contribution in [3.05, 3.63) is 59.1 Å². The molecular weight excluding hydrogens is 390 g/mol. The minimum Gasteiger partial charge on any atom is -0.335 e. The third-order valence-corrected chi connectivity index (χ3v) is 5.58. The monoisotopic (exact) mass is 408 g/mol. The molecule has 0 saturated carbocycles. The van der Waals surface area contributed by atoms with Crippen LogP contribution in [0, 0.1) is 0 Å². The molecule has 1 heterocycles. The quantitative estimate of drug-likeness (QED) is 0.674. The van der Waals surface area contributed by atoms with Gasteiger partial charge in [0.25, 0.3) is 5.91 Å². The standard InChI is InChI=1S/C18H18ClN3O4S/c19-13-3-5-14(6-4-13)22-17(23)11-16(18(22)24)21-10-9-12-1-7-15(8-2-12)27(20,25)26/h1-8,16,21H,9-11H2,(H2,20,25,26)/p+1/t16-/m1/s1. The number of amides is 2. The van der Waals surface area contributed by atoms with Crippen LogP contribution in [0.15, 0.2) is 53.4 Å². The van der Waals surface area contributed by atoms with Gasteiger partial charge >= 0.3 is 0 Å². The highest BCUT2D eigenvalue weighted by Gasteiger charge is 2.41. The van der Waals surface area contributed by atoms with Crippen molar-refractivity contribution >= 4 is 39.1 Å². The van der Waals surface area contributed by atoms with E-state index in [1.807, 2.05) is 5.32 Å². The first kappa shape index (κ1) is 19.5. The SMILES string of the molecule is NS(=O)(=O)c1ccc(CC[NH2+][C@@H]2CC(=O)N(c3ccc(Cl)cc3)C2=O)cc1. The summed E-state index contributed by atoms with van der Waals surface area (Å²) < 4.78 is 22.5. The minimum atomic E-state index is -3.71. The van der Waals surface area contributed by atoms with Crippen LogP contribution in [0.25, 0.3) is 0 Å². The van der Waals surface area contributed by atoms with E-state index < -0.39 is 16.1 Å². The molecule has 142 valence electrons. The summed E-state index contributed by atoms with van der Waals surface area (Å²) in [6.45, 7) is 0.590. The van der Waals surface area contributed by atoms with Gasteiger partial charge < -0.3 is 5.32 Å². The van der Waals surface area contributed by atoms with E-state index in [-0.39, 0.29) is 23.1 Å². The lowest BCUT2D eigenvalue weighted by Gasteiger charge is -2.14. The maximum absolute atomic E-state index is 12.6. The summed E-state index contributed by atoms with van der Waals surface area (Å²) in [6.07, 6.45) is 0.773. The van der Waals surface area contributed by atoms with Gasteiger partial charge in [-0.25, -0.2) is 18.5 Å². The van der Waals surface area contributed by atoms with Gasteiger partial charge in [0.1, 0.15) is 0 Å². The average Bonchev–Trinajstić information content (AvgIpc) is 2.89. The number of sulfonamides is 1. The topological polar surface area (TPSA) is 114 Å². The summed E-state index contributed by atoms with van der Waals surface area (Å²) >= 11 is 5.85. The van der Waals surface area contributed by atoms with Crippen molar-refractivity contribution in [2.45, 2.75) is 23.8 Å². The van der Waals surface area contributed by atoms with E-state index in [2.05, 4.69) is 0 Å². The first-order valence-electron chi connectivity index (χ1n) is 8.33. The Balaban J connectivity index is 1.58. The van der Waals surface area contributed by atoms with E-state index in [1.54, 1.807) is 36.4 Å². The van der Waals surface area contributed by atoms with E-state index in [0.29, 0.717) is 23.7 Å². The molecule has 4 N–H and O–H groups in total. The molecular formula is C18H19ClN3O4S+. The van der Waals surface area contributed by atoms with E-state index in [9.17, 15) is 18.0 Å². The molecule has 0 aliphatic carbocycles. The van der Waals surface area contributed by atoms with E-state index in [4.69, 9.17) is 16.7 Å². The van der Waals surface area contributed by atoms with Crippen LogP contribution in [0.3, 0.4) is 0 Å². The Hall–Kier alpha value is -2.26. The molecule has 0 radical (unpaired) electrons. The molecule has 1 aliphatic rings. The maximum atomic E-state index is 12.6. The number of hydrogen-bond acceptors (Lipinski definition) is 4. The van der Waals surface area contributed by atoms with Gasteiger partial charge in [-0.15, -0.1) is 0 Å². The van der Waals surface area contributed by atoms with Crippen LogP contribution in [0.1, 0.15) is 12.0 Å². The molecule has 2 aromatic rings. The molecule has 3 rings (SSSR count). The molecule has 2 aromatic carbocycles. The Morgan fingerprint density at radius 3 is 2.30 bits per heavy atom. The summed E-state index contributed by atoms with van der Waals surface area (Å²) in [5, 5.41) is 7.45. The fraction of sp³-hybridized carbons (Fsp3) is 0.222. The summed E-state index contributed by atoms with van der Waals surface area (Å²) in [7, 11) is -3.71. The molecule has 1 fully saturated rings. The molecule has 0 aromatic heterocycles. The predicted molar refractivity (Wildman–Crippen MR) is 101 cm³/mol. The van der Waals surface area contributed by atoms with Crippen LogP contribution in [-0.4, -0.2) is 32.8 Å². The Labute approximate surface area is 162 Å². The number of imide groups is 1. The van der Waals surface area contributed by atoms with Gasteiger partial charge in [-0.2, -0.15) is 0 Å². The summed E-state index contributed by atoms with van der Waals surface area (Å²) in [4.78, 5) is 26.0. The number of halogens is 1. The van der Waals surface area contributed by atoms with Crippen LogP contribution in [0.5, 0.6) is 0 Å². The van der Waals surface area contributed by atoms with Crippen molar-refractivity contribution < 1.29 is 23.3 Å². The normalized spacial score (nSPS) is 17.6. The highest BCUT2D eigenvalue weighted by molar-refractivity contribution is 7.89. The molecule has 0 unspecified atom stereocenters. The zero-order valence-corrected chi connectivity index (χ0v) is 15.9. The Morgan fingerprint density at radius 1 is 1.07 bits per heavy atom. The smallest absolute Gasteiger partial charge is 0.292 e. The van der Waals surface area contributed by atoms with Crippen molar-refractivity contribution in [3.63, 3.8) is 0 Å². The number of quaternary nitrogens is 1. The summed E-state index contributed by atoms with van der Waals surface area (Å²) in [5.74, 6) is -0.479. The first-order chi connectivity index (χ1) is 12.8. The lowest BCUT2D eigenvalue weighted by Crippen LogP contribution is -2.92. The van der Waals surface area contributed by atoms with Gasteiger partial charge in [-0.1, -0.05) is 23.7 Å². The Bertz CT molecular complexity index is 959. The number of nitrogens with two attached hydrogens (primary N) is 2. The Kier molecular flexibility index (Phi) is 5.61. The van der Waals surface area contributed by atoms with Crippen LogP contribution < -0.4 is 15.4 Å². The van der Waals surface area contributed by atoms with Crippen LogP contribution in [0.2, 0.25) is 5.02 Å². The molecule has 7 nitrogen and oxygen atoms in total. The summed E-state index contributed by atoms with van der Waals surface area (Å²) in [5.41, 5.74) is 1.44. The highest BCUT2D eigenvalue weighted by atomic mass is 35.5. The van der Waals surface area contributed by atoms with Gasteiger partial charge in [0.15, 0.2) is 6.04 Å². The highest BCUT2D eigenvalue weighted by Crippen LogP contribution is 2.23. The lowest BCUT2D eigenvalue weighted by molar-refractivity contribution is -0.674. The molecule has 0 bridgehead atoms. The van der Waals surface area contributed by atoms with E-state index in [1.165, 1.54) is 17.0 Å². The van der Waals surface area contributed by atoms with Gasteiger partial charge in [0.2, 0.25) is 15.9 Å².